The predicted octanol–water partition coefficient (Wildman–Crippen LogP) is 2.98. The molecule has 2 fully saturated rings. The van der Waals surface area contributed by atoms with Gasteiger partial charge in [-0.15, -0.1) is 0 Å². The molecule has 0 spiro atoms. The van der Waals surface area contributed by atoms with Crippen molar-refractivity contribution in [3.63, 3.8) is 0 Å². The summed E-state index contributed by atoms with van der Waals surface area (Å²) in [5.41, 5.74) is -0.0577. The molecule has 1 unspecified atom stereocenters. The van der Waals surface area contributed by atoms with Crippen molar-refractivity contribution in [3.8, 4) is 0 Å². The van der Waals surface area contributed by atoms with Gasteiger partial charge in [0.2, 0.25) is 5.91 Å². The summed E-state index contributed by atoms with van der Waals surface area (Å²) in [7, 11) is 0. The molecule has 1 aromatic rings. The van der Waals surface area contributed by atoms with E-state index in [4.69, 9.17) is 0 Å². The molecule has 5 nitrogen and oxygen atoms in total. The molecule has 1 amide bonds. The van der Waals surface area contributed by atoms with Gasteiger partial charge in [0.25, 0.3) is 0 Å². The molecule has 1 aromatic heterocycles. The third-order valence-electron chi connectivity index (χ3n) is 4.88. The highest BCUT2D eigenvalue weighted by Crippen LogP contribution is 2.28. The molecule has 1 aliphatic carbocycles. The molecule has 23 heavy (non-hydrogen) atoms. The van der Waals surface area contributed by atoms with Crippen molar-refractivity contribution in [3.05, 3.63) is 18.1 Å². The number of rotatable bonds is 3. The van der Waals surface area contributed by atoms with Crippen LogP contribution < -0.4 is 5.32 Å². The summed E-state index contributed by atoms with van der Waals surface area (Å²) in [6.45, 7) is 8.01. The second kappa shape index (κ2) is 6.46. The van der Waals surface area contributed by atoms with Crippen LogP contribution in [-0.4, -0.2) is 39.9 Å². The number of aromatic nitrogens is 2. The van der Waals surface area contributed by atoms with Gasteiger partial charge < -0.3 is 10.2 Å². The van der Waals surface area contributed by atoms with Crippen molar-refractivity contribution in [1.82, 2.24) is 14.9 Å². The van der Waals surface area contributed by atoms with E-state index in [1.54, 1.807) is 0 Å². The molecule has 2 aliphatic rings. The van der Waals surface area contributed by atoms with Gasteiger partial charge in [-0.1, -0.05) is 33.6 Å². The highest BCUT2D eigenvalue weighted by Gasteiger charge is 2.32. The van der Waals surface area contributed by atoms with Gasteiger partial charge in [0.1, 0.15) is 11.6 Å². The van der Waals surface area contributed by atoms with Crippen molar-refractivity contribution in [2.24, 2.45) is 5.92 Å². The third kappa shape index (κ3) is 3.82. The van der Waals surface area contributed by atoms with Gasteiger partial charge in [-0.3, -0.25) is 4.79 Å². The lowest BCUT2D eigenvalue weighted by Crippen LogP contribution is -2.35. The quantitative estimate of drug-likeness (QED) is 0.931. The lowest BCUT2D eigenvalue weighted by molar-refractivity contribution is -0.134. The molecule has 0 radical (unpaired) electrons. The van der Waals surface area contributed by atoms with Gasteiger partial charge in [-0.2, -0.15) is 0 Å². The smallest absolute Gasteiger partial charge is 0.225 e. The zero-order valence-electron chi connectivity index (χ0n) is 14.5. The summed E-state index contributed by atoms with van der Waals surface area (Å²) in [5, 5.41) is 3.48. The van der Waals surface area contributed by atoms with E-state index in [2.05, 4.69) is 36.1 Å². The Hall–Kier alpha value is -1.65. The van der Waals surface area contributed by atoms with Crippen LogP contribution in [0.4, 0.5) is 5.82 Å². The van der Waals surface area contributed by atoms with E-state index >= 15 is 0 Å². The molecule has 0 bridgehead atoms. The van der Waals surface area contributed by atoms with Crippen molar-refractivity contribution < 1.29 is 4.79 Å². The first-order valence-electron chi connectivity index (χ1n) is 8.82. The standard InChI is InChI=1S/C18H28N4O/c1-18(2,3)17-19-10-8-15(21-17)20-14-9-11-22(12-14)16(23)13-6-4-5-7-13/h8,10,13-14H,4-7,9,11-12H2,1-3H3,(H,19,20,21). The van der Waals surface area contributed by atoms with E-state index in [1.165, 1.54) is 12.8 Å². The van der Waals surface area contributed by atoms with Crippen LogP contribution >= 0.6 is 0 Å². The fourth-order valence-corrected chi connectivity index (χ4v) is 3.52. The Balaban J connectivity index is 1.58. The number of nitrogens with zero attached hydrogens (tertiary/aromatic N) is 3. The maximum atomic E-state index is 12.5. The molecule has 1 saturated carbocycles. The van der Waals surface area contributed by atoms with Crippen molar-refractivity contribution >= 4 is 11.7 Å². The number of amides is 1. The van der Waals surface area contributed by atoms with Crippen LogP contribution in [0.2, 0.25) is 0 Å². The molecule has 1 aliphatic heterocycles. The lowest BCUT2D eigenvalue weighted by atomic mass is 9.96. The molecule has 1 N–H and O–H groups in total. The minimum atomic E-state index is -0.0577. The minimum absolute atomic E-state index is 0.0577. The summed E-state index contributed by atoms with van der Waals surface area (Å²) < 4.78 is 0. The summed E-state index contributed by atoms with van der Waals surface area (Å²) >= 11 is 0. The Kier molecular flexibility index (Phi) is 4.55. The zero-order chi connectivity index (χ0) is 16.4. The fraction of sp³-hybridized carbons (Fsp3) is 0.722. The first-order chi connectivity index (χ1) is 10.9. The number of hydrogen-bond donors (Lipinski definition) is 1. The molecule has 0 aromatic carbocycles. The molecular formula is C18H28N4O. The average molecular weight is 316 g/mol. The monoisotopic (exact) mass is 316 g/mol. The number of anilines is 1. The first kappa shape index (κ1) is 16.2. The highest BCUT2D eigenvalue weighted by atomic mass is 16.2. The van der Waals surface area contributed by atoms with Gasteiger partial charge >= 0.3 is 0 Å². The second-order valence-corrected chi connectivity index (χ2v) is 7.91. The number of carbonyl (C=O) groups is 1. The fourth-order valence-electron chi connectivity index (χ4n) is 3.52. The van der Waals surface area contributed by atoms with Gasteiger partial charge in [-0.25, -0.2) is 9.97 Å². The lowest BCUT2D eigenvalue weighted by Gasteiger charge is -2.21. The molecule has 3 rings (SSSR count). The first-order valence-corrected chi connectivity index (χ1v) is 8.82. The topological polar surface area (TPSA) is 58.1 Å². The van der Waals surface area contributed by atoms with E-state index in [9.17, 15) is 4.79 Å². The molecule has 2 heterocycles. The van der Waals surface area contributed by atoms with Crippen molar-refractivity contribution in [2.45, 2.75) is 64.3 Å². The average Bonchev–Trinajstić information content (AvgIpc) is 3.17. The molecule has 1 saturated heterocycles. The van der Waals surface area contributed by atoms with E-state index in [-0.39, 0.29) is 11.3 Å². The van der Waals surface area contributed by atoms with Crippen LogP contribution in [-0.2, 0) is 10.2 Å². The van der Waals surface area contributed by atoms with Gasteiger partial charge in [0, 0.05) is 36.7 Å². The molecular weight excluding hydrogens is 288 g/mol. The van der Waals surface area contributed by atoms with E-state index < -0.39 is 0 Å². The van der Waals surface area contributed by atoms with Crippen LogP contribution in [0.5, 0.6) is 0 Å². The maximum absolute atomic E-state index is 12.5. The number of likely N-dealkylation sites (tertiary alicyclic amines) is 1. The van der Waals surface area contributed by atoms with Crippen LogP contribution in [0.1, 0.15) is 58.7 Å². The number of carbonyl (C=O) groups excluding carboxylic acids is 1. The summed E-state index contributed by atoms with van der Waals surface area (Å²) in [4.78, 5) is 23.5. The number of hydrogen-bond acceptors (Lipinski definition) is 4. The molecule has 126 valence electrons. The Morgan fingerprint density at radius 2 is 2.00 bits per heavy atom. The van der Waals surface area contributed by atoms with Gasteiger partial charge in [0.05, 0.1) is 0 Å². The summed E-state index contributed by atoms with van der Waals surface area (Å²) in [5.74, 6) is 2.36. The maximum Gasteiger partial charge on any atom is 0.225 e. The Labute approximate surface area is 138 Å². The van der Waals surface area contributed by atoms with Crippen LogP contribution in [0.25, 0.3) is 0 Å². The van der Waals surface area contributed by atoms with Crippen LogP contribution in [0.15, 0.2) is 12.3 Å². The van der Waals surface area contributed by atoms with Crippen molar-refractivity contribution in [2.75, 3.05) is 18.4 Å². The van der Waals surface area contributed by atoms with Gasteiger partial charge in [0.15, 0.2) is 0 Å². The normalized spacial score (nSPS) is 22.6. The second-order valence-electron chi connectivity index (χ2n) is 7.91. The van der Waals surface area contributed by atoms with E-state index in [1.807, 2.05) is 17.2 Å². The SMILES string of the molecule is CC(C)(C)c1nccc(NC2CCN(C(=O)C3CCCC3)C2)n1. The third-order valence-corrected chi connectivity index (χ3v) is 4.88. The van der Waals surface area contributed by atoms with E-state index in [0.717, 1.165) is 44.0 Å². The molecule has 1 atom stereocenters. The number of nitrogens with one attached hydrogen (secondary N) is 1. The van der Waals surface area contributed by atoms with Crippen LogP contribution in [0.3, 0.4) is 0 Å². The predicted molar refractivity (Wildman–Crippen MR) is 91.3 cm³/mol. The molecule has 5 heteroatoms. The van der Waals surface area contributed by atoms with E-state index in [0.29, 0.717) is 11.9 Å². The Morgan fingerprint density at radius 3 is 2.70 bits per heavy atom. The minimum Gasteiger partial charge on any atom is -0.365 e. The largest absolute Gasteiger partial charge is 0.365 e. The zero-order valence-corrected chi connectivity index (χ0v) is 14.5. The van der Waals surface area contributed by atoms with Gasteiger partial charge in [-0.05, 0) is 25.3 Å². The van der Waals surface area contributed by atoms with Crippen LogP contribution in [0, 0.1) is 5.92 Å². The highest BCUT2D eigenvalue weighted by molar-refractivity contribution is 5.79. The van der Waals surface area contributed by atoms with Crippen molar-refractivity contribution in [1.29, 1.82) is 0 Å². The summed E-state index contributed by atoms with van der Waals surface area (Å²) in [6.07, 6.45) is 7.38. The Morgan fingerprint density at radius 1 is 1.26 bits per heavy atom. The summed E-state index contributed by atoms with van der Waals surface area (Å²) in [6, 6.07) is 2.21. The Bertz CT molecular complexity index is 560.